The van der Waals surface area contributed by atoms with Crippen LogP contribution in [0, 0.1) is 11.3 Å². The summed E-state index contributed by atoms with van der Waals surface area (Å²) in [7, 11) is 0. The summed E-state index contributed by atoms with van der Waals surface area (Å²) in [6, 6.07) is 10.3. The van der Waals surface area contributed by atoms with Crippen LogP contribution in [0.3, 0.4) is 0 Å². The smallest absolute Gasteiger partial charge is 0.309 e. The Bertz CT molecular complexity index is 399. The number of carboxylic acids is 1. The quantitative estimate of drug-likeness (QED) is 0.844. The second-order valence-corrected chi connectivity index (χ2v) is 5.60. The average Bonchev–Trinajstić information content (AvgIpc) is 2.33. The third-order valence-electron chi connectivity index (χ3n) is 4.25. The van der Waals surface area contributed by atoms with Crippen molar-refractivity contribution in [2.75, 3.05) is 0 Å². The lowest BCUT2D eigenvalue weighted by Gasteiger charge is -2.39. The van der Waals surface area contributed by atoms with Crippen molar-refractivity contribution in [3.05, 3.63) is 35.9 Å². The number of hydrogen-bond donors (Lipinski definition) is 1. The van der Waals surface area contributed by atoms with Gasteiger partial charge in [0.1, 0.15) is 0 Å². The molecule has 0 amide bonds. The molecule has 0 aliphatic heterocycles. The minimum atomic E-state index is -0.648. The molecule has 1 saturated carbocycles. The summed E-state index contributed by atoms with van der Waals surface area (Å²) in [5.41, 5.74) is 0.736. The molecular weight excluding hydrogens is 212 g/mol. The van der Waals surface area contributed by atoms with Gasteiger partial charge in [0, 0.05) is 0 Å². The largest absolute Gasteiger partial charge is 0.481 e. The Labute approximate surface area is 103 Å². The number of aliphatic carboxylic acids is 1. The van der Waals surface area contributed by atoms with Gasteiger partial charge in [0.25, 0.3) is 0 Å². The Hall–Kier alpha value is -1.31. The van der Waals surface area contributed by atoms with E-state index < -0.39 is 11.4 Å². The lowest BCUT2D eigenvalue weighted by atomic mass is 9.65. The zero-order chi connectivity index (χ0) is 12.5. The molecule has 0 saturated heterocycles. The van der Waals surface area contributed by atoms with Gasteiger partial charge in [0.05, 0.1) is 5.41 Å². The van der Waals surface area contributed by atoms with Crippen LogP contribution in [0.25, 0.3) is 0 Å². The summed E-state index contributed by atoms with van der Waals surface area (Å²) < 4.78 is 0. The maximum Gasteiger partial charge on any atom is 0.309 e. The van der Waals surface area contributed by atoms with E-state index in [0.29, 0.717) is 11.8 Å². The fourth-order valence-electron chi connectivity index (χ4n) is 2.88. The Morgan fingerprint density at radius 2 is 2.00 bits per heavy atom. The summed E-state index contributed by atoms with van der Waals surface area (Å²) in [5, 5.41) is 9.35. The first-order valence-electron chi connectivity index (χ1n) is 6.31. The lowest BCUT2D eigenvalue weighted by Crippen LogP contribution is -2.35. The van der Waals surface area contributed by atoms with Gasteiger partial charge in [-0.15, -0.1) is 0 Å². The maximum atomic E-state index is 11.4. The molecule has 0 unspecified atom stereocenters. The first-order valence-corrected chi connectivity index (χ1v) is 6.31. The predicted molar refractivity (Wildman–Crippen MR) is 67.9 cm³/mol. The van der Waals surface area contributed by atoms with Crippen LogP contribution in [-0.4, -0.2) is 11.1 Å². The number of rotatable bonds is 2. The molecule has 2 heteroatoms. The van der Waals surface area contributed by atoms with Crippen molar-refractivity contribution in [3.8, 4) is 0 Å². The van der Waals surface area contributed by atoms with E-state index in [4.69, 9.17) is 0 Å². The fraction of sp³-hybridized carbons (Fsp3) is 0.533. The highest BCUT2D eigenvalue weighted by atomic mass is 16.4. The van der Waals surface area contributed by atoms with E-state index in [-0.39, 0.29) is 0 Å². The van der Waals surface area contributed by atoms with Crippen molar-refractivity contribution in [3.63, 3.8) is 0 Å². The predicted octanol–water partition coefficient (Wildman–Crippen LogP) is 3.68. The van der Waals surface area contributed by atoms with Crippen LogP contribution < -0.4 is 0 Å². The molecule has 1 aliphatic rings. The van der Waals surface area contributed by atoms with Crippen LogP contribution in [0.2, 0.25) is 0 Å². The Kier molecular flexibility index (Phi) is 3.23. The lowest BCUT2D eigenvalue weighted by molar-refractivity contribution is -0.150. The van der Waals surface area contributed by atoms with Crippen LogP contribution in [0.1, 0.15) is 44.6 Å². The molecule has 3 atom stereocenters. The van der Waals surface area contributed by atoms with Gasteiger partial charge >= 0.3 is 5.97 Å². The molecule has 1 aliphatic carbocycles. The van der Waals surface area contributed by atoms with Crippen molar-refractivity contribution in [2.45, 2.75) is 39.0 Å². The summed E-state index contributed by atoms with van der Waals surface area (Å²) >= 11 is 0. The topological polar surface area (TPSA) is 37.3 Å². The zero-order valence-electron chi connectivity index (χ0n) is 10.5. The van der Waals surface area contributed by atoms with Crippen LogP contribution in [0.5, 0.6) is 0 Å². The number of carboxylic acid groups (broad SMARTS) is 1. The van der Waals surface area contributed by atoms with Crippen molar-refractivity contribution in [1.29, 1.82) is 0 Å². The summed E-state index contributed by atoms with van der Waals surface area (Å²) in [5.74, 6) is 0.307. The molecule has 0 heterocycles. The van der Waals surface area contributed by atoms with Crippen LogP contribution >= 0.6 is 0 Å². The maximum absolute atomic E-state index is 11.4. The normalized spacial score (nSPS) is 33.3. The Balaban J connectivity index is 2.24. The molecule has 0 bridgehead atoms. The number of carbonyl (C=O) groups is 1. The van der Waals surface area contributed by atoms with Crippen molar-refractivity contribution < 1.29 is 9.90 Å². The van der Waals surface area contributed by atoms with Gasteiger partial charge in [0.15, 0.2) is 0 Å². The van der Waals surface area contributed by atoms with E-state index in [1.807, 2.05) is 25.1 Å². The SMILES string of the molecule is C[C@H]1CC[C@@](C)(C(=O)O)C[C@@H]1c1ccccc1. The third kappa shape index (κ3) is 2.36. The highest BCUT2D eigenvalue weighted by Gasteiger charge is 2.41. The molecule has 1 aromatic rings. The highest BCUT2D eigenvalue weighted by molar-refractivity contribution is 5.74. The summed E-state index contributed by atoms with van der Waals surface area (Å²) in [4.78, 5) is 11.4. The van der Waals surface area contributed by atoms with E-state index in [9.17, 15) is 9.90 Å². The fourth-order valence-corrected chi connectivity index (χ4v) is 2.88. The van der Waals surface area contributed by atoms with E-state index in [0.717, 1.165) is 19.3 Å². The molecule has 1 aromatic carbocycles. The van der Waals surface area contributed by atoms with Crippen molar-refractivity contribution in [2.24, 2.45) is 11.3 Å². The highest BCUT2D eigenvalue weighted by Crippen LogP contribution is 2.46. The van der Waals surface area contributed by atoms with Crippen molar-refractivity contribution >= 4 is 5.97 Å². The zero-order valence-corrected chi connectivity index (χ0v) is 10.5. The van der Waals surface area contributed by atoms with Gasteiger partial charge in [-0.05, 0) is 43.6 Å². The molecular formula is C15H20O2. The van der Waals surface area contributed by atoms with Gasteiger partial charge in [-0.3, -0.25) is 4.79 Å². The minimum Gasteiger partial charge on any atom is -0.481 e. The van der Waals surface area contributed by atoms with Crippen molar-refractivity contribution in [1.82, 2.24) is 0 Å². The molecule has 2 nitrogen and oxygen atoms in total. The van der Waals surface area contributed by atoms with Crippen LogP contribution in [0.15, 0.2) is 30.3 Å². The van der Waals surface area contributed by atoms with Gasteiger partial charge < -0.3 is 5.11 Å². The number of benzene rings is 1. The summed E-state index contributed by atoms with van der Waals surface area (Å²) in [6.07, 6.45) is 2.56. The van der Waals surface area contributed by atoms with Gasteiger partial charge in [-0.25, -0.2) is 0 Å². The molecule has 92 valence electrons. The monoisotopic (exact) mass is 232 g/mol. The van der Waals surface area contributed by atoms with Gasteiger partial charge in [-0.1, -0.05) is 37.3 Å². The van der Waals surface area contributed by atoms with E-state index in [2.05, 4.69) is 19.1 Å². The molecule has 2 rings (SSSR count). The van der Waals surface area contributed by atoms with E-state index >= 15 is 0 Å². The van der Waals surface area contributed by atoms with Crippen LogP contribution in [0.4, 0.5) is 0 Å². The third-order valence-corrected chi connectivity index (χ3v) is 4.25. The van der Waals surface area contributed by atoms with E-state index in [1.165, 1.54) is 5.56 Å². The minimum absolute atomic E-state index is 0.381. The Morgan fingerprint density at radius 3 is 2.59 bits per heavy atom. The number of hydrogen-bond acceptors (Lipinski definition) is 1. The molecule has 1 fully saturated rings. The molecule has 1 N–H and O–H groups in total. The average molecular weight is 232 g/mol. The van der Waals surface area contributed by atoms with Crippen LogP contribution in [-0.2, 0) is 4.79 Å². The second kappa shape index (κ2) is 4.52. The Morgan fingerprint density at radius 1 is 1.35 bits per heavy atom. The van der Waals surface area contributed by atoms with Gasteiger partial charge in [-0.2, -0.15) is 0 Å². The molecule has 17 heavy (non-hydrogen) atoms. The first-order chi connectivity index (χ1) is 8.03. The first kappa shape index (κ1) is 12.2. The van der Waals surface area contributed by atoms with Gasteiger partial charge in [0.2, 0.25) is 0 Å². The second-order valence-electron chi connectivity index (χ2n) is 5.60. The molecule has 0 radical (unpaired) electrons. The van der Waals surface area contributed by atoms with E-state index in [1.54, 1.807) is 0 Å². The summed E-state index contributed by atoms with van der Waals surface area (Å²) in [6.45, 7) is 4.12. The standard InChI is InChI=1S/C15H20O2/c1-11-8-9-15(2,14(16)17)10-13(11)12-6-4-3-5-7-12/h3-7,11,13H,8-10H2,1-2H3,(H,16,17)/t11-,13-,15+/m0/s1. The molecule has 0 spiro atoms. The molecule has 0 aromatic heterocycles.